The van der Waals surface area contributed by atoms with Gasteiger partial charge >= 0.3 is 11.9 Å². The summed E-state index contributed by atoms with van der Waals surface area (Å²) in [5.74, 6) is -0.799. The van der Waals surface area contributed by atoms with E-state index in [2.05, 4.69) is 9.72 Å². The first-order chi connectivity index (χ1) is 8.83. The molecule has 0 saturated carbocycles. The van der Waals surface area contributed by atoms with Crippen LogP contribution in [-0.4, -0.2) is 29.6 Å². The molecular formula is C14H19NO4. The Hall–Kier alpha value is -1.91. The van der Waals surface area contributed by atoms with Crippen molar-refractivity contribution in [2.45, 2.75) is 39.2 Å². The number of hydrogen-bond acceptors (Lipinski definition) is 5. The summed E-state index contributed by atoms with van der Waals surface area (Å²) in [6, 6.07) is 3.47. The van der Waals surface area contributed by atoms with E-state index in [0.717, 1.165) is 0 Å². The maximum Gasteiger partial charge on any atom is 0.356 e. The summed E-state index contributed by atoms with van der Waals surface area (Å²) >= 11 is 0. The number of ether oxygens (including phenoxy) is 2. The molecular weight excluding hydrogens is 246 g/mol. The molecule has 1 aromatic rings. The number of nitrogens with zero attached hydrogens (tertiary/aromatic N) is 1. The Morgan fingerprint density at radius 3 is 2.58 bits per heavy atom. The lowest BCUT2D eigenvalue weighted by atomic mass is 10.1. The van der Waals surface area contributed by atoms with Gasteiger partial charge in [0.1, 0.15) is 5.60 Å². The van der Waals surface area contributed by atoms with Gasteiger partial charge in [-0.1, -0.05) is 6.07 Å². The molecule has 0 atom stereocenters. The minimum atomic E-state index is -0.503. The van der Waals surface area contributed by atoms with Crippen molar-refractivity contribution >= 4 is 11.9 Å². The lowest BCUT2D eigenvalue weighted by molar-refractivity contribution is -0.154. The quantitative estimate of drug-likeness (QED) is 0.780. The van der Waals surface area contributed by atoms with Crippen LogP contribution in [0.3, 0.4) is 0 Å². The molecule has 1 aromatic heterocycles. The van der Waals surface area contributed by atoms with E-state index in [4.69, 9.17) is 4.74 Å². The third-order valence-corrected chi connectivity index (χ3v) is 2.29. The van der Waals surface area contributed by atoms with Gasteiger partial charge in [-0.3, -0.25) is 4.79 Å². The molecule has 0 bridgehead atoms. The number of hydrogen-bond donors (Lipinski definition) is 0. The Morgan fingerprint density at radius 2 is 2.00 bits per heavy atom. The number of aromatic nitrogens is 1. The summed E-state index contributed by atoms with van der Waals surface area (Å²) in [5, 5.41) is 0. The lowest BCUT2D eigenvalue weighted by Crippen LogP contribution is -2.24. The number of carbonyl (C=O) groups is 2. The number of esters is 2. The van der Waals surface area contributed by atoms with E-state index in [1.54, 1.807) is 12.1 Å². The van der Waals surface area contributed by atoms with E-state index in [1.807, 2.05) is 20.8 Å². The van der Waals surface area contributed by atoms with Crippen LogP contribution in [0.5, 0.6) is 0 Å². The summed E-state index contributed by atoms with van der Waals surface area (Å²) in [6.07, 6.45) is 2.11. The van der Waals surface area contributed by atoms with Crippen LogP contribution >= 0.6 is 0 Å². The standard InChI is InChI=1S/C14H19NO4/c1-14(2,3)19-11(16)8-7-10-6-5-9-15-12(10)13(17)18-4/h5-6,9H,7-8H2,1-4H3. The molecule has 0 aliphatic carbocycles. The van der Waals surface area contributed by atoms with Crippen molar-refractivity contribution in [2.75, 3.05) is 7.11 Å². The Bertz CT molecular complexity index is 463. The van der Waals surface area contributed by atoms with Gasteiger partial charge < -0.3 is 9.47 Å². The maximum absolute atomic E-state index is 11.6. The summed E-state index contributed by atoms with van der Waals surface area (Å²) in [5.41, 5.74) is 0.422. The van der Waals surface area contributed by atoms with E-state index in [-0.39, 0.29) is 18.1 Å². The highest BCUT2D eigenvalue weighted by atomic mass is 16.6. The molecule has 5 nitrogen and oxygen atoms in total. The second-order valence-electron chi connectivity index (χ2n) is 5.09. The molecule has 0 unspecified atom stereocenters. The van der Waals surface area contributed by atoms with Gasteiger partial charge in [0, 0.05) is 12.6 Å². The minimum absolute atomic E-state index is 0.201. The Balaban J connectivity index is 2.68. The van der Waals surface area contributed by atoms with Gasteiger partial charge in [-0.15, -0.1) is 0 Å². The first-order valence-electron chi connectivity index (χ1n) is 6.07. The highest BCUT2D eigenvalue weighted by molar-refractivity contribution is 5.88. The zero-order chi connectivity index (χ0) is 14.5. The van der Waals surface area contributed by atoms with Crippen LogP contribution in [0.15, 0.2) is 18.3 Å². The molecule has 0 radical (unpaired) electrons. The van der Waals surface area contributed by atoms with Crippen molar-refractivity contribution in [2.24, 2.45) is 0 Å². The predicted octanol–water partition coefficient (Wildman–Crippen LogP) is 2.14. The van der Waals surface area contributed by atoms with Crippen molar-refractivity contribution < 1.29 is 19.1 Å². The summed E-state index contributed by atoms with van der Waals surface area (Å²) < 4.78 is 9.86. The van der Waals surface area contributed by atoms with E-state index in [1.165, 1.54) is 13.3 Å². The largest absolute Gasteiger partial charge is 0.464 e. The van der Waals surface area contributed by atoms with Gasteiger partial charge in [0.25, 0.3) is 0 Å². The molecule has 5 heteroatoms. The molecule has 1 heterocycles. The first-order valence-corrected chi connectivity index (χ1v) is 6.07. The molecule has 0 saturated heterocycles. The molecule has 0 amide bonds. The van der Waals surface area contributed by atoms with Gasteiger partial charge in [0.15, 0.2) is 5.69 Å². The summed E-state index contributed by atoms with van der Waals surface area (Å²) in [6.45, 7) is 5.44. The summed E-state index contributed by atoms with van der Waals surface area (Å²) in [7, 11) is 1.30. The van der Waals surface area contributed by atoms with Gasteiger partial charge in [-0.25, -0.2) is 9.78 Å². The average molecular weight is 265 g/mol. The monoisotopic (exact) mass is 265 g/mol. The minimum Gasteiger partial charge on any atom is -0.464 e. The zero-order valence-electron chi connectivity index (χ0n) is 11.7. The molecule has 0 aliphatic rings. The van der Waals surface area contributed by atoms with Crippen LogP contribution in [-0.2, 0) is 20.7 Å². The average Bonchev–Trinajstić information content (AvgIpc) is 2.33. The smallest absolute Gasteiger partial charge is 0.356 e. The summed E-state index contributed by atoms with van der Waals surface area (Å²) in [4.78, 5) is 27.1. The molecule has 0 spiro atoms. The number of aryl methyl sites for hydroxylation is 1. The number of pyridine rings is 1. The Kier molecular flexibility index (Phi) is 5.03. The van der Waals surface area contributed by atoms with Crippen molar-refractivity contribution in [1.82, 2.24) is 4.98 Å². The molecule has 19 heavy (non-hydrogen) atoms. The number of rotatable bonds is 4. The molecule has 0 fully saturated rings. The predicted molar refractivity (Wildman–Crippen MR) is 69.7 cm³/mol. The van der Waals surface area contributed by atoms with Crippen LogP contribution in [0.2, 0.25) is 0 Å². The first kappa shape index (κ1) is 15.1. The van der Waals surface area contributed by atoms with Crippen LogP contribution in [0.25, 0.3) is 0 Å². The topological polar surface area (TPSA) is 65.5 Å². The van der Waals surface area contributed by atoms with Crippen molar-refractivity contribution in [3.05, 3.63) is 29.6 Å². The van der Waals surface area contributed by atoms with Gasteiger partial charge in [0.2, 0.25) is 0 Å². The third kappa shape index (κ3) is 5.07. The Labute approximate surface area is 112 Å². The zero-order valence-corrected chi connectivity index (χ0v) is 11.7. The highest BCUT2D eigenvalue weighted by Crippen LogP contribution is 2.13. The van der Waals surface area contributed by atoms with Crippen molar-refractivity contribution in [3.8, 4) is 0 Å². The second-order valence-corrected chi connectivity index (χ2v) is 5.09. The maximum atomic E-state index is 11.6. The number of methoxy groups -OCH3 is 1. The van der Waals surface area contributed by atoms with Crippen LogP contribution in [0.1, 0.15) is 43.2 Å². The lowest BCUT2D eigenvalue weighted by Gasteiger charge is -2.19. The highest BCUT2D eigenvalue weighted by Gasteiger charge is 2.18. The fourth-order valence-corrected chi connectivity index (χ4v) is 1.55. The SMILES string of the molecule is COC(=O)c1ncccc1CCC(=O)OC(C)(C)C. The molecule has 0 N–H and O–H groups in total. The number of carbonyl (C=O) groups excluding carboxylic acids is 2. The van der Waals surface area contributed by atoms with Gasteiger partial charge in [-0.2, -0.15) is 0 Å². The fraction of sp³-hybridized carbons (Fsp3) is 0.500. The third-order valence-electron chi connectivity index (χ3n) is 2.29. The molecule has 0 aliphatic heterocycles. The second kappa shape index (κ2) is 6.31. The van der Waals surface area contributed by atoms with E-state index >= 15 is 0 Å². The van der Waals surface area contributed by atoms with Crippen LogP contribution in [0.4, 0.5) is 0 Å². The normalized spacial score (nSPS) is 10.9. The van der Waals surface area contributed by atoms with Crippen LogP contribution in [0, 0.1) is 0 Å². The van der Waals surface area contributed by atoms with E-state index in [9.17, 15) is 9.59 Å². The van der Waals surface area contributed by atoms with Gasteiger partial charge in [-0.05, 0) is 38.8 Å². The van der Waals surface area contributed by atoms with E-state index in [0.29, 0.717) is 12.0 Å². The Morgan fingerprint density at radius 1 is 1.32 bits per heavy atom. The molecule has 104 valence electrons. The van der Waals surface area contributed by atoms with Crippen LogP contribution < -0.4 is 0 Å². The fourth-order valence-electron chi connectivity index (χ4n) is 1.55. The van der Waals surface area contributed by atoms with Gasteiger partial charge in [0.05, 0.1) is 7.11 Å². The van der Waals surface area contributed by atoms with Crippen molar-refractivity contribution in [1.29, 1.82) is 0 Å². The molecule has 0 aromatic carbocycles. The van der Waals surface area contributed by atoms with Crippen molar-refractivity contribution in [3.63, 3.8) is 0 Å². The molecule has 1 rings (SSSR count). The van der Waals surface area contributed by atoms with E-state index < -0.39 is 11.6 Å².